The summed E-state index contributed by atoms with van der Waals surface area (Å²) in [6.07, 6.45) is 8.57. The van der Waals surface area contributed by atoms with E-state index in [-0.39, 0.29) is 0 Å². The van der Waals surface area contributed by atoms with Crippen molar-refractivity contribution in [3.63, 3.8) is 0 Å². The van der Waals surface area contributed by atoms with E-state index in [0.717, 1.165) is 30.5 Å². The van der Waals surface area contributed by atoms with Crippen molar-refractivity contribution < 1.29 is 4.74 Å². The van der Waals surface area contributed by atoms with Crippen LogP contribution in [0.1, 0.15) is 51.6 Å². The highest BCUT2D eigenvalue weighted by Gasteiger charge is 2.21. The van der Waals surface area contributed by atoms with Gasteiger partial charge < -0.3 is 10.1 Å². The van der Waals surface area contributed by atoms with E-state index < -0.39 is 0 Å². The van der Waals surface area contributed by atoms with E-state index in [1.165, 1.54) is 32.1 Å². The number of pyridine rings is 1. The number of nitrogens with one attached hydrogen (secondary N) is 1. The molecule has 1 aromatic heterocycles. The van der Waals surface area contributed by atoms with E-state index in [0.29, 0.717) is 6.10 Å². The Hall–Kier alpha value is -1.09. The summed E-state index contributed by atoms with van der Waals surface area (Å²) in [6.45, 7) is 6.20. The van der Waals surface area contributed by atoms with Crippen molar-refractivity contribution in [3.05, 3.63) is 24.0 Å². The summed E-state index contributed by atoms with van der Waals surface area (Å²) in [5.74, 6) is 1.83. The molecule has 0 amide bonds. The van der Waals surface area contributed by atoms with Gasteiger partial charge in [-0.25, -0.2) is 0 Å². The molecule has 1 aromatic rings. The molecule has 0 unspecified atom stereocenters. The predicted octanol–water partition coefficient (Wildman–Crippen LogP) is 3.54. The van der Waals surface area contributed by atoms with E-state index in [1.807, 2.05) is 12.3 Å². The molecular formula is C16H26N2O. The van der Waals surface area contributed by atoms with E-state index in [4.69, 9.17) is 4.74 Å². The highest BCUT2D eigenvalue weighted by atomic mass is 16.5. The Morgan fingerprint density at radius 1 is 1.21 bits per heavy atom. The second-order valence-electron chi connectivity index (χ2n) is 5.43. The first-order valence-electron chi connectivity index (χ1n) is 7.64. The zero-order valence-electron chi connectivity index (χ0n) is 12.2. The minimum Gasteiger partial charge on any atom is -0.489 e. The van der Waals surface area contributed by atoms with Crippen LogP contribution in [0.15, 0.2) is 18.3 Å². The van der Waals surface area contributed by atoms with Gasteiger partial charge in [0.25, 0.3) is 0 Å². The Bertz CT molecular complexity index is 356. The lowest BCUT2D eigenvalue weighted by molar-refractivity contribution is 0.129. The summed E-state index contributed by atoms with van der Waals surface area (Å²) in [7, 11) is 0. The third-order valence-electron chi connectivity index (χ3n) is 4.03. The molecule has 1 N–H and O–H groups in total. The molecule has 19 heavy (non-hydrogen) atoms. The van der Waals surface area contributed by atoms with Gasteiger partial charge in [0.1, 0.15) is 5.75 Å². The fraction of sp³-hybridized carbons (Fsp3) is 0.688. The van der Waals surface area contributed by atoms with Crippen molar-refractivity contribution in [2.45, 2.75) is 58.6 Å². The van der Waals surface area contributed by atoms with Crippen LogP contribution in [0.2, 0.25) is 0 Å². The van der Waals surface area contributed by atoms with Gasteiger partial charge >= 0.3 is 0 Å². The quantitative estimate of drug-likeness (QED) is 0.851. The lowest BCUT2D eigenvalue weighted by Crippen LogP contribution is -2.24. The molecule has 0 bridgehead atoms. The first kappa shape index (κ1) is 14.3. The second kappa shape index (κ2) is 7.49. The van der Waals surface area contributed by atoms with Gasteiger partial charge in [-0.2, -0.15) is 0 Å². The van der Waals surface area contributed by atoms with E-state index in [1.54, 1.807) is 0 Å². The number of rotatable bonds is 6. The van der Waals surface area contributed by atoms with Crippen LogP contribution in [-0.2, 0) is 6.54 Å². The summed E-state index contributed by atoms with van der Waals surface area (Å²) in [4.78, 5) is 4.43. The van der Waals surface area contributed by atoms with Gasteiger partial charge in [0.2, 0.25) is 0 Å². The minimum atomic E-state index is 0.393. The molecule has 0 spiro atoms. The molecule has 0 aliphatic heterocycles. The summed E-state index contributed by atoms with van der Waals surface area (Å²) in [5.41, 5.74) is 1.07. The normalized spacial score (nSPS) is 23.3. The van der Waals surface area contributed by atoms with Crippen molar-refractivity contribution >= 4 is 0 Å². The Morgan fingerprint density at radius 3 is 2.58 bits per heavy atom. The van der Waals surface area contributed by atoms with Gasteiger partial charge in [-0.05, 0) is 50.3 Å². The van der Waals surface area contributed by atoms with Crippen molar-refractivity contribution in [2.24, 2.45) is 5.92 Å². The van der Waals surface area contributed by atoms with Crippen LogP contribution in [0.25, 0.3) is 0 Å². The molecule has 1 aliphatic rings. The van der Waals surface area contributed by atoms with Crippen molar-refractivity contribution in [1.82, 2.24) is 10.3 Å². The van der Waals surface area contributed by atoms with Crippen LogP contribution in [0.5, 0.6) is 5.75 Å². The third-order valence-corrected chi connectivity index (χ3v) is 4.03. The molecule has 1 saturated carbocycles. The van der Waals surface area contributed by atoms with Crippen molar-refractivity contribution in [3.8, 4) is 5.75 Å². The van der Waals surface area contributed by atoms with Crippen LogP contribution in [0, 0.1) is 5.92 Å². The maximum atomic E-state index is 6.02. The maximum absolute atomic E-state index is 6.02. The standard InChI is InChI=1S/C16H26N2O/c1-3-13-5-8-15(9-6-13)19-16-10-7-14(18-12-16)11-17-4-2/h7,10,12-13,15,17H,3-6,8-9,11H2,1-2H3. The molecule has 3 heteroatoms. The lowest BCUT2D eigenvalue weighted by Gasteiger charge is -2.28. The lowest BCUT2D eigenvalue weighted by atomic mass is 9.86. The van der Waals surface area contributed by atoms with Gasteiger partial charge in [0, 0.05) is 6.54 Å². The Morgan fingerprint density at radius 2 is 2.00 bits per heavy atom. The minimum absolute atomic E-state index is 0.393. The Labute approximate surface area is 116 Å². The van der Waals surface area contributed by atoms with Gasteiger partial charge in [0.15, 0.2) is 0 Å². The molecule has 0 saturated heterocycles. The number of nitrogens with zero attached hydrogens (tertiary/aromatic N) is 1. The number of ether oxygens (including phenoxy) is 1. The SMILES string of the molecule is CCNCc1ccc(OC2CCC(CC)CC2)cn1. The largest absolute Gasteiger partial charge is 0.489 e. The molecule has 0 aromatic carbocycles. The van der Waals surface area contributed by atoms with E-state index in [9.17, 15) is 0 Å². The average Bonchev–Trinajstić information content (AvgIpc) is 2.47. The molecule has 3 nitrogen and oxygen atoms in total. The first-order valence-corrected chi connectivity index (χ1v) is 7.64. The summed E-state index contributed by atoms with van der Waals surface area (Å²) < 4.78 is 6.02. The third kappa shape index (κ3) is 4.50. The fourth-order valence-electron chi connectivity index (χ4n) is 2.69. The number of aromatic nitrogens is 1. The molecular weight excluding hydrogens is 236 g/mol. The average molecular weight is 262 g/mol. The van der Waals surface area contributed by atoms with Gasteiger partial charge in [-0.3, -0.25) is 4.98 Å². The fourth-order valence-corrected chi connectivity index (χ4v) is 2.69. The number of hydrogen-bond donors (Lipinski definition) is 1. The van der Waals surface area contributed by atoms with Crippen LogP contribution in [0.4, 0.5) is 0 Å². The monoisotopic (exact) mass is 262 g/mol. The molecule has 106 valence electrons. The number of hydrogen-bond acceptors (Lipinski definition) is 3. The molecule has 1 heterocycles. The van der Waals surface area contributed by atoms with Gasteiger partial charge in [0.05, 0.1) is 18.0 Å². The van der Waals surface area contributed by atoms with Crippen LogP contribution in [0.3, 0.4) is 0 Å². The Balaban J connectivity index is 1.79. The highest BCUT2D eigenvalue weighted by Crippen LogP contribution is 2.29. The molecule has 0 atom stereocenters. The summed E-state index contributed by atoms with van der Waals surface area (Å²) in [5, 5.41) is 3.27. The Kier molecular flexibility index (Phi) is 5.64. The zero-order chi connectivity index (χ0) is 13.5. The molecule has 0 radical (unpaired) electrons. The van der Waals surface area contributed by atoms with E-state index in [2.05, 4.69) is 30.2 Å². The van der Waals surface area contributed by atoms with Crippen LogP contribution in [-0.4, -0.2) is 17.6 Å². The maximum Gasteiger partial charge on any atom is 0.138 e. The predicted molar refractivity (Wildman–Crippen MR) is 78.3 cm³/mol. The second-order valence-corrected chi connectivity index (χ2v) is 5.43. The molecule has 1 aliphatic carbocycles. The smallest absolute Gasteiger partial charge is 0.138 e. The van der Waals surface area contributed by atoms with Crippen molar-refractivity contribution in [2.75, 3.05) is 6.54 Å². The highest BCUT2D eigenvalue weighted by molar-refractivity contribution is 5.20. The van der Waals surface area contributed by atoms with E-state index >= 15 is 0 Å². The van der Waals surface area contributed by atoms with Crippen LogP contribution < -0.4 is 10.1 Å². The molecule has 2 rings (SSSR count). The van der Waals surface area contributed by atoms with Gasteiger partial charge in [-0.15, -0.1) is 0 Å². The zero-order valence-corrected chi connectivity index (χ0v) is 12.2. The van der Waals surface area contributed by atoms with Crippen molar-refractivity contribution in [1.29, 1.82) is 0 Å². The van der Waals surface area contributed by atoms with Gasteiger partial charge in [-0.1, -0.05) is 20.3 Å². The topological polar surface area (TPSA) is 34.1 Å². The van der Waals surface area contributed by atoms with Crippen LogP contribution >= 0.6 is 0 Å². The summed E-state index contributed by atoms with van der Waals surface area (Å²) >= 11 is 0. The summed E-state index contributed by atoms with van der Waals surface area (Å²) in [6, 6.07) is 4.10. The first-order chi connectivity index (χ1) is 9.31. The molecule has 1 fully saturated rings.